The van der Waals surface area contributed by atoms with Gasteiger partial charge in [0.05, 0.1) is 0 Å². The van der Waals surface area contributed by atoms with Crippen LogP contribution < -0.4 is 0 Å². The lowest BCUT2D eigenvalue weighted by Crippen LogP contribution is -2.01. The van der Waals surface area contributed by atoms with Gasteiger partial charge in [0.2, 0.25) is 0 Å². The molecule has 0 spiro atoms. The van der Waals surface area contributed by atoms with Crippen LogP contribution in [0.2, 0.25) is 0 Å². The highest BCUT2D eigenvalue weighted by Crippen LogP contribution is 2.44. The summed E-state index contributed by atoms with van der Waals surface area (Å²) in [5, 5.41) is 10.8. The van der Waals surface area contributed by atoms with E-state index in [1.165, 1.54) is 10.8 Å². The van der Waals surface area contributed by atoms with E-state index in [0.29, 0.717) is 17.5 Å². The zero-order valence-corrected chi connectivity index (χ0v) is 29.9. The molecule has 3 aromatic heterocycles. The third kappa shape index (κ3) is 4.58. The van der Waals surface area contributed by atoms with Crippen molar-refractivity contribution in [3.8, 4) is 45.3 Å². The van der Waals surface area contributed by atoms with Gasteiger partial charge in [0.15, 0.2) is 17.5 Å². The maximum absolute atomic E-state index is 6.80. The van der Waals surface area contributed by atoms with Gasteiger partial charge in [-0.15, -0.1) is 0 Å². The van der Waals surface area contributed by atoms with Crippen molar-refractivity contribution in [2.45, 2.75) is 0 Å². The van der Waals surface area contributed by atoms with Crippen LogP contribution in [0.15, 0.2) is 185 Å². The summed E-state index contributed by atoms with van der Waals surface area (Å²) in [6.45, 7) is 0. The minimum Gasteiger partial charge on any atom is -0.456 e. The average Bonchev–Trinajstić information content (AvgIpc) is 3.85. The van der Waals surface area contributed by atoms with Gasteiger partial charge in [0.25, 0.3) is 0 Å². The van der Waals surface area contributed by atoms with E-state index in [-0.39, 0.29) is 0 Å². The number of rotatable bonds is 4. The van der Waals surface area contributed by atoms with E-state index < -0.39 is 0 Å². The Balaban J connectivity index is 1.19. The highest BCUT2D eigenvalue weighted by Gasteiger charge is 2.23. The number of aromatic nitrogens is 3. The smallest absolute Gasteiger partial charge is 0.164 e. The lowest BCUT2D eigenvalue weighted by molar-refractivity contribution is 0.669. The van der Waals surface area contributed by atoms with Crippen LogP contribution in [-0.2, 0) is 0 Å². The minimum absolute atomic E-state index is 0.563. The molecular weight excluding hydrogens is 687 g/mol. The normalized spacial score (nSPS) is 11.9. The third-order valence-electron chi connectivity index (χ3n) is 11.1. The van der Waals surface area contributed by atoms with E-state index in [0.717, 1.165) is 93.2 Å². The zero-order chi connectivity index (χ0) is 36.7. The molecular formula is C51H29N3O2. The largest absolute Gasteiger partial charge is 0.456 e. The Morgan fingerprint density at radius 1 is 0.286 bits per heavy atom. The predicted octanol–water partition coefficient (Wildman–Crippen LogP) is 13.8. The number of hydrogen-bond donors (Lipinski definition) is 0. The Labute approximate surface area is 320 Å². The Kier molecular flexibility index (Phi) is 6.56. The van der Waals surface area contributed by atoms with Gasteiger partial charge in [-0.1, -0.05) is 140 Å². The van der Waals surface area contributed by atoms with E-state index in [1.54, 1.807) is 0 Å². The molecule has 56 heavy (non-hydrogen) atoms. The molecule has 0 aliphatic carbocycles. The first-order chi connectivity index (χ1) is 27.8. The number of furan rings is 2. The van der Waals surface area contributed by atoms with Crippen molar-refractivity contribution in [1.29, 1.82) is 0 Å². The van der Waals surface area contributed by atoms with Crippen LogP contribution in [0.5, 0.6) is 0 Å². The van der Waals surface area contributed by atoms with E-state index in [9.17, 15) is 0 Å². The van der Waals surface area contributed by atoms with Crippen molar-refractivity contribution < 1.29 is 8.83 Å². The number of fused-ring (bicyclic) bond motifs is 10. The molecule has 5 nitrogen and oxygen atoms in total. The van der Waals surface area contributed by atoms with Crippen molar-refractivity contribution >= 4 is 76.2 Å². The molecule has 12 rings (SSSR count). The summed E-state index contributed by atoms with van der Waals surface area (Å²) in [6.07, 6.45) is 0. The van der Waals surface area contributed by atoms with E-state index >= 15 is 0 Å². The molecule has 9 aromatic carbocycles. The second-order valence-electron chi connectivity index (χ2n) is 14.3. The first-order valence-corrected chi connectivity index (χ1v) is 18.8. The SMILES string of the molecule is c1ccc2c(-c3ccc(-c4nc(-c5cc6ccccc6c6ccccc56)nc(-c5cccc6oc7ccccc7c56)n4)c4c3oc3ccccc34)cccc2c1. The quantitative estimate of drug-likeness (QED) is 0.170. The van der Waals surface area contributed by atoms with Crippen LogP contribution in [0.1, 0.15) is 0 Å². The summed E-state index contributed by atoms with van der Waals surface area (Å²) >= 11 is 0. The molecule has 0 bridgehead atoms. The monoisotopic (exact) mass is 715 g/mol. The molecule has 0 atom stereocenters. The van der Waals surface area contributed by atoms with Gasteiger partial charge < -0.3 is 8.83 Å². The number of benzene rings is 9. The summed E-state index contributed by atoms with van der Waals surface area (Å²) in [6, 6.07) is 60.9. The van der Waals surface area contributed by atoms with Crippen LogP contribution in [0, 0.1) is 0 Å². The lowest BCUT2D eigenvalue weighted by Gasteiger charge is -2.14. The van der Waals surface area contributed by atoms with Crippen molar-refractivity contribution in [3.63, 3.8) is 0 Å². The fraction of sp³-hybridized carbons (Fsp3) is 0. The van der Waals surface area contributed by atoms with Crippen LogP contribution in [0.25, 0.3) is 121 Å². The molecule has 0 radical (unpaired) electrons. The first-order valence-electron chi connectivity index (χ1n) is 18.8. The zero-order valence-electron chi connectivity index (χ0n) is 29.9. The second kappa shape index (κ2) is 11.9. The van der Waals surface area contributed by atoms with Crippen LogP contribution >= 0.6 is 0 Å². The molecule has 260 valence electrons. The number of hydrogen-bond acceptors (Lipinski definition) is 5. The van der Waals surface area contributed by atoms with Gasteiger partial charge in [-0.05, 0) is 74.3 Å². The van der Waals surface area contributed by atoms with Crippen LogP contribution in [0.3, 0.4) is 0 Å². The lowest BCUT2D eigenvalue weighted by atomic mass is 9.94. The van der Waals surface area contributed by atoms with Crippen LogP contribution in [-0.4, -0.2) is 15.0 Å². The molecule has 0 saturated heterocycles. The standard InChI is InChI=1S/C51H29N3O2/c1-3-16-32-30(13-1)15-11-22-35(32)37-27-28-41(47-39-21-8-10-25-44(39)56-48(37)47)50-52-49(40-23-12-26-45-46(40)38-20-7-9-24-43(38)55-45)53-51(54-50)42-29-31-14-2-4-17-33(31)34-18-5-6-19-36(34)42/h1-29H. The fourth-order valence-corrected chi connectivity index (χ4v) is 8.62. The summed E-state index contributed by atoms with van der Waals surface area (Å²) in [7, 11) is 0. The Morgan fingerprint density at radius 3 is 1.57 bits per heavy atom. The minimum atomic E-state index is 0.563. The number of nitrogens with zero attached hydrogens (tertiary/aromatic N) is 3. The maximum Gasteiger partial charge on any atom is 0.164 e. The molecule has 5 heteroatoms. The maximum atomic E-state index is 6.80. The van der Waals surface area contributed by atoms with E-state index in [4.69, 9.17) is 23.8 Å². The summed E-state index contributed by atoms with van der Waals surface area (Å²) in [5.74, 6) is 1.72. The molecule has 0 unspecified atom stereocenters. The molecule has 0 fully saturated rings. The summed E-state index contributed by atoms with van der Waals surface area (Å²) in [4.78, 5) is 16.1. The highest BCUT2D eigenvalue weighted by molar-refractivity contribution is 6.18. The van der Waals surface area contributed by atoms with Gasteiger partial charge in [-0.25, -0.2) is 15.0 Å². The van der Waals surface area contributed by atoms with Gasteiger partial charge in [-0.2, -0.15) is 0 Å². The topological polar surface area (TPSA) is 65.0 Å². The second-order valence-corrected chi connectivity index (χ2v) is 14.3. The summed E-state index contributed by atoms with van der Waals surface area (Å²) < 4.78 is 13.1. The molecule has 0 saturated carbocycles. The van der Waals surface area contributed by atoms with Crippen molar-refractivity contribution in [2.24, 2.45) is 0 Å². The van der Waals surface area contributed by atoms with Crippen molar-refractivity contribution in [3.05, 3.63) is 176 Å². The molecule has 0 aliphatic rings. The third-order valence-corrected chi connectivity index (χ3v) is 11.1. The van der Waals surface area contributed by atoms with Crippen molar-refractivity contribution in [1.82, 2.24) is 15.0 Å². The highest BCUT2D eigenvalue weighted by atomic mass is 16.3. The first kappa shape index (κ1) is 30.8. The molecule has 3 heterocycles. The Hall–Kier alpha value is -7.63. The average molecular weight is 716 g/mol. The van der Waals surface area contributed by atoms with Crippen molar-refractivity contribution in [2.75, 3.05) is 0 Å². The number of para-hydroxylation sites is 2. The predicted molar refractivity (Wildman–Crippen MR) is 229 cm³/mol. The van der Waals surface area contributed by atoms with Gasteiger partial charge >= 0.3 is 0 Å². The Bertz CT molecular complexity index is 3550. The fourth-order valence-electron chi connectivity index (χ4n) is 8.62. The van der Waals surface area contributed by atoms with E-state index in [1.807, 2.05) is 42.5 Å². The van der Waals surface area contributed by atoms with E-state index in [2.05, 4.69) is 133 Å². The Morgan fingerprint density at radius 2 is 0.786 bits per heavy atom. The molecule has 0 amide bonds. The molecule has 0 N–H and O–H groups in total. The molecule has 0 aliphatic heterocycles. The molecule has 12 aromatic rings. The van der Waals surface area contributed by atoms with Gasteiger partial charge in [0.1, 0.15) is 22.3 Å². The van der Waals surface area contributed by atoms with Gasteiger partial charge in [-0.3, -0.25) is 0 Å². The van der Waals surface area contributed by atoms with Gasteiger partial charge in [0, 0.05) is 43.8 Å². The van der Waals surface area contributed by atoms with Crippen LogP contribution in [0.4, 0.5) is 0 Å². The summed E-state index contributed by atoms with van der Waals surface area (Å²) in [5.41, 5.74) is 8.01.